The Labute approximate surface area is 155 Å². The van der Waals surface area contributed by atoms with Gasteiger partial charge in [-0.15, -0.1) is 0 Å². The van der Waals surface area contributed by atoms with Gasteiger partial charge in [0.05, 0.1) is 12.0 Å². The molecule has 7 heteroatoms. The number of aromatic nitrogens is 2. The number of rotatable bonds is 6. The van der Waals surface area contributed by atoms with Crippen molar-refractivity contribution in [2.75, 3.05) is 0 Å². The maximum absolute atomic E-state index is 12.4. The molecule has 0 atom stereocenters. The van der Waals surface area contributed by atoms with E-state index < -0.39 is 0 Å². The summed E-state index contributed by atoms with van der Waals surface area (Å²) in [5.74, 6) is -0.164. The zero-order valence-corrected chi connectivity index (χ0v) is 14.8. The summed E-state index contributed by atoms with van der Waals surface area (Å²) in [5, 5.41) is 16.8. The van der Waals surface area contributed by atoms with Crippen molar-refractivity contribution < 1.29 is 18.9 Å². The minimum atomic E-state index is -0.166. The minimum absolute atomic E-state index is 0. The second kappa shape index (κ2) is 8.81. The van der Waals surface area contributed by atoms with E-state index in [4.69, 9.17) is 9.89 Å². The SMILES string of the molecule is CC1=C(CCC(=O)Cc2nonc2-c2ccccc2)C=C(C#N)C(=O)C1.F. The Balaban J connectivity index is 0.00000261. The highest BCUT2D eigenvalue weighted by Gasteiger charge is 2.20. The Bertz CT molecular complexity index is 952. The molecule has 1 aliphatic rings. The summed E-state index contributed by atoms with van der Waals surface area (Å²) in [6, 6.07) is 11.3. The highest BCUT2D eigenvalue weighted by molar-refractivity contribution is 6.02. The van der Waals surface area contributed by atoms with Crippen molar-refractivity contribution in [3.63, 3.8) is 0 Å². The van der Waals surface area contributed by atoms with Crippen LogP contribution in [-0.4, -0.2) is 21.9 Å². The van der Waals surface area contributed by atoms with Gasteiger partial charge >= 0.3 is 0 Å². The molecule has 0 radical (unpaired) electrons. The maximum Gasteiger partial charge on any atom is 0.177 e. The van der Waals surface area contributed by atoms with Gasteiger partial charge in [0.2, 0.25) is 0 Å². The number of carbonyl (C=O) groups excluding carboxylic acids is 2. The van der Waals surface area contributed by atoms with Gasteiger partial charge in [0.25, 0.3) is 0 Å². The van der Waals surface area contributed by atoms with Gasteiger partial charge in [0.15, 0.2) is 5.78 Å². The summed E-state index contributed by atoms with van der Waals surface area (Å²) in [4.78, 5) is 24.1. The normalized spacial score (nSPS) is 13.6. The van der Waals surface area contributed by atoms with Crippen LogP contribution in [0.25, 0.3) is 11.3 Å². The van der Waals surface area contributed by atoms with E-state index >= 15 is 0 Å². The maximum atomic E-state index is 12.4. The second-order valence-corrected chi connectivity index (χ2v) is 6.22. The van der Waals surface area contributed by atoms with Crippen LogP contribution < -0.4 is 0 Å². The summed E-state index contributed by atoms with van der Waals surface area (Å²) < 4.78 is 4.81. The Morgan fingerprint density at radius 2 is 2.00 bits per heavy atom. The number of allylic oxidation sites excluding steroid dienone is 4. The smallest absolute Gasteiger partial charge is 0.177 e. The molecule has 0 amide bonds. The van der Waals surface area contributed by atoms with Gasteiger partial charge in [-0.1, -0.05) is 41.1 Å². The fraction of sp³-hybridized carbons (Fsp3) is 0.250. The predicted molar refractivity (Wildman–Crippen MR) is 96.2 cm³/mol. The van der Waals surface area contributed by atoms with Crippen molar-refractivity contribution in [1.29, 1.82) is 5.26 Å². The monoisotopic (exact) mass is 367 g/mol. The van der Waals surface area contributed by atoms with Crippen molar-refractivity contribution in [2.24, 2.45) is 0 Å². The molecule has 1 aromatic carbocycles. The third-order valence-electron chi connectivity index (χ3n) is 4.35. The van der Waals surface area contributed by atoms with Gasteiger partial charge < -0.3 is 0 Å². The third kappa shape index (κ3) is 4.61. The first-order valence-electron chi connectivity index (χ1n) is 8.30. The number of benzene rings is 1. The van der Waals surface area contributed by atoms with E-state index in [1.165, 1.54) is 0 Å². The van der Waals surface area contributed by atoms with Crippen LogP contribution in [0, 0.1) is 11.3 Å². The molecule has 1 heterocycles. The number of halogens is 1. The minimum Gasteiger partial charge on any atom is -0.299 e. The summed E-state index contributed by atoms with van der Waals surface area (Å²) >= 11 is 0. The number of carbonyl (C=O) groups is 2. The fourth-order valence-corrected chi connectivity index (χ4v) is 2.89. The standard InChI is InChI=1S/C20H17N3O3.FH/c1-13-9-19(25)16(12-21)10-15(13)7-8-17(24)11-18-20(23-26-22-18)14-5-3-2-4-6-14;/h2-6,10H,7-9,11H2,1H3;1H. The lowest BCUT2D eigenvalue weighted by molar-refractivity contribution is -0.118. The second-order valence-electron chi connectivity index (χ2n) is 6.22. The average Bonchev–Trinajstić information content (AvgIpc) is 3.10. The van der Waals surface area contributed by atoms with Crippen LogP contribution in [0.4, 0.5) is 4.70 Å². The molecule has 0 unspecified atom stereocenters. The molecular weight excluding hydrogens is 349 g/mol. The summed E-state index contributed by atoms with van der Waals surface area (Å²) in [5.41, 5.74) is 3.89. The lowest BCUT2D eigenvalue weighted by Gasteiger charge is -2.13. The molecular formula is C20H18FN3O3. The van der Waals surface area contributed by atoms with E-state index in [1.54, 1.807) is 6.08 Å². The van der Waals surface area contributed by atoms with E-state index in [-0.39, 0.29) is 34.7 Å². The summed E-state index contributed by atoms with van der Waals surface area (Å²) in [6.07, 6.45) is 2.77. The van der Waals surface area contributed by atoms with Gasteiger partial charge in [-0.2, -0.15) is 5.26 Å². The Morgan fingerprint density at radius 1 is 1.26 bits per heavy atom. The highest BCUT2D eigenvalue weighted by atomic mass is 19.0. The first-order chi connectivity index (χ1) is 12.6. The van der Waals surface area contributed by atoms with Gasteiger partial charge in [0, 0.05) is 18.4 Å². The molecule has 2 aromatic rings. The number of ketones is 2. The number of Topliss-reactive ketones (excluding diaryl/α,β-unsaturated/α-hetero) is 2. The lowest BCUT2D eigenvalue weighted by atomic mass is 9.89. The topological polar surface area (TPSA) is 96.8 Å². The van der Waals surface area contributed by atoms with Gasteiger partial charge in [-0.05, 0) is 30.2 Å². The van der Waals surface area contributed by atoms with Crippen LogP contribution in [0.2, 0.25) is 0 Å². The molecule has 0 saturated carbocycles. The van der Waals surface area contributed by atoms with Crippen molar-refractivity contribution in [3.8, 4) is 17.3 Å². The highest BCUT2D eigenvalue weighted by Crippen LogP contribution is 2.25. The molecule has 0 saturated heterocycles. The number of hydrogen-bond donors (Lipinski definition) is 0. The molecule has 138 valence electrons. The van der Waals surface area contributed by atoms with Crippen LogP contribution in [0.15, 0.2) is 57.8 Å². The summed E-state index contributed by atoms with van der Waals surface area (Å²) in [7, 11) is 0. The fourth-order valence-electron chi connectivity index (χ4n) is 2.89. The van der Waals surface area contributed by atoms with Crippen LogP contribution in [0.5, 0.6) is 0 Å². The molecule has 0 spiro atoms. The summed E-state index contributed by atoms with van der Waals surface area (Å²) in [6.45, 7) is 1.86. The van der Waals surface area contributed by atoms with Crippen LogP contribution in [0.3, 0.4) is 0 Å². The van der Waals surface area contributed by atoms with Crippen molar-refractivity contribution in [2.45, 2.75) is 32.6 Å². The van der Waals surface area contributed by atoms with Gasteiger partial charge in [-0.25, -0.2) is 4.63 Å². The van der Waals surface area contributed by atoms with E-state index in [0.29, 0.717) is 24.2 Å². The molecule has 1 aliphatic carbocycles. The Kier molecular flexibility index (Phi) is 6.50. The molecule has 0 aliphatic heterocycles. The lowest BCUT2D eigenvalue weighted by Crippen LogP contribution is -2.10. The molecule has 1 aromatic heterocycles. The molecule has 6 nitrogen and oxygen atoms in total. The zero-order valence-electron chi connectivity index (χ0n) is 14.8. The molecule has 0 fully saturated rings. The van der Waals surface area contributed by atoms with Crippen molar-refractivity contribution in [1.82, 2.24) is 10.3 Å². The molecule has 3 rings (SSSR count). The third-order valence-corrected chi connectivity index (χ3v) is 4.35. The number of hydrogen-bond acceptors (Lipinski definition) is 6. The molecule has 0 N–H and O–H groups in total. The number of nitriles is 1. The van der Waals surface area contributed by atoms with Crippen LogP contribution >= 0.6 is 0 Å². The van der Waals surface area contributed by atoms with E-state index in [2.05, 4.69) is 10.3 Å². The predicted octanol–water partition coefficient (Wildman–Crippen LogP) is 3.52. The zero-order chi connectivity index (χ0) is 18.5. The van der Waals surface area contributed by atoms with E-state index in [0.717, 1.165) is 16.7 Å². The van der Waals surface area contributed by atoms with Crippen molar-refractivity contribution in [3.05, 3.63) is 58.8 Å². The molecule has 0 bridgehead atoms. The Morgan fingerprint density at radius 3 is 2.70 bits per heavy atom. The largest absolute Gasteiger partial charge is 0.299 e. The van der Waals surface area contributed by atoms with Gasteiger partial charge in [-0.3, -0.25) is 14.3 Å². The van der Waals surface area contributed by atoms with E-state index in [1.807, 2.05) is 43.3 Å². The van der Waals surface area contributed by atoms with Crippen molar-refractivity contribution >= 4 is 11.6 Å². The average molecular weight is 367 g/mol. The first-order valence-corrected chi connectivity index (χ1v) is 8.30. The van der Waals surface area contributed by atoms with E-state index in [9.17, 15) is 9.59 Å². The van der Waals surface area contributed by atoms with Gasteiger partial charge in [0.1, 0.15) is 23.2 Å². The Hall–Kier alpha value is -3.40. The quantitative estimate of drug-likeness (QED) is 0.775. The first kappa shape index (κ1) is 19.9. The molecule has 27 heavy (non-hydrogen) atoms. The number of nitrogens with zero attached hydrogens (tertiary/aromatic N) is 3. The van der Waals surface area contributed by atoms with Crippen LogP contribution in [0.1, 0.15) is 31.9 Å². The van der Waals surface area contributed by atoms with Crippen LogP contribution in [-0.2, 0) is 16.0 Å².